The van der Waals surface area contributed by atoms with E-state index in [4.69, 9.17) is 0 Å². The molecule has 2 aromatic carbocycles. The van der Waals surface area contributed by atoms with Crippen LogP contribution in [-0.2, 0) is 6.42 Å². The fourth-order valence-electron chi connectivity index (χ4n) is 3.30. The number of nitrogens with zero attached hydrogens (tertiary/aromatic N) is 2. The highest BCUT2D eigenvalue weighted by Gasteiger charge is 2.22. The van der Waals surface area contributed by atoms with Crippen molar-refractivity contribution in [3.8, 4) is 0 Å². The lowest BCUT2D eigenvalue weighted by Crippen LogP contribution is -2.28. The summed E-state index contributed by atoms with van der Waals surface area (Å²) in [6, 6.07) is 19.4. The summed E-state index contributed by atoms with van der Waals surface area (Å²) >= 11 is 0. The topological polar surface area (TPSA) is 44.0 Å². The Labute approximate surface area is 136 Å². The number of para-hydroxylation sites is 2. The molecule has 0 saturated carbocycles. The van der Waals surface area contributed by atoms with Crippen molar-refractivity contribution in [3.63, 3.8) is 0 Å². The van der Waals surface area contributed by atoms with E-state index in [1.807, 2.05) is 18.2 Å². The van der Waals surface area contributed by atoms with Gasteiger partial charge in [-0.05, 0) is 30.5 Å². The highest BCUT2D eigenvalue weighted by atomic mass is 15.2. The predicted octanol–water partition coefficient (Wildman–Crippen LogP) is 3.29. The first kappa shape index (κ1) is 14.3. The van der Waals surface area contributed by atoms with E-state index < -0.39 is 0 Å². The van der Waals surface area contributed by atoms with Crippen molar-refractivity contribution < 1.29 is 0 Å². The Kier molecular flexibility index (Phi) is 3.99. The Morgan fingerprint density at radius 2 is 1.91 bits per heavy atom. The highest BCUT2D eigenvalue weighted by molar-refractivity contribution is 5.77. The van der Waals surface area contributed by atoms with Crippen LogP contribution in [-0.4, -0.2) is 40.5 Å². The molecular weight excluding hydrogens is 284 g/mol. The van der Waals surface area contributed by atoms with Crippen LogP contribution in [0.25, 0.3) is 11.0 Å². The average molecular weight is 306 g/mol. The number of nitrogens with one attached hydrogen (secondary N) is 2. The highest BCUT2D eigenvalue weighted by Crippen LogP contribution is 2.18. The second-order valence-electron chi connectivity index (χ2n) is 6.27. The van der Waals surface area contributed by atoms with Crippen molar-refractivity contribution in [3.05, 3.63) is 60.2 Å². The molecule has 118 valence electrons. The third-order valence-corrected chi connectivity index (χ3v) is 4.56. The van der Waals surface area contributed by atoms with Crippen molar-refractivity contribution in [1.82, 2.24) is 14.9 Å². The number of likely N-dealkylation sites (tertiary alicyclic amines) is 1. The molecule has 1 fully saturated rings. The van der Waals surface area contributed by atoms with E-state index >= 15 is 0 Å². The van der Waals surface area contributed by atoms with Crippen LogP contribution in [0, 0.1) is 0 Å². The Morgan fingerprint density at radius 1 is 1.09 bits per heavy atom. The van der Waals surface area contributed by atoms with Gasteiger partial charge in [0.05, 0.1) is 11.0 Å². The second kappa shape index (κ2) is 6.42. The maximum atomic E-state index is 4.61. The lowest BCUT2D eigenvalue weighted by Gasteiger charge is -2.16. The van der Waals surface area contributed by atoms with Crippen LogP contribution >= 0.6 is 0 Å². The van der Waals surface area contributed by atoms with Crippen LogP contribution in [0.2, 0.25) is 0 Å². The maximum Gasteiger partial charge on any atom is 0.201 e. The molecule has 1 aliphatic rings. The predicted molar refractivity (Wildman–Crippen MR) is 94.7 cm³/mol. The molecule has 0 aliphatic carbocycles. The van der Waals surface area contributed by atoms with Gasteiger partial charge in [0.1, 0.15) is 0 Å². The first-order chi connectivity index (χ1) is 11.4. The van der Waals surface area contributed by atoms with E-state index in [0.717, 1.165) is 43.0 Å². The molecule has 1 aromatic heterocycles. The van der Waals surface area contributed by atoms with E-state index in [9.17, 15) is 0 Å². The number of aromatic nitrogens is 2. The van der Waals surface area contributed by atoms with Gasteiger partial charge in [-0.1, -0.05) is 42.5 Å². The van der Waals surface area contributed by atoms with E-state index in [1.54, 1.807) is 0 Å². The van der Waals surface area contributed by atoms with Crippen molar-refractivity contribution in [2.75, 3.05) is 25.0 Å². The number of rotatable bonds is 5. The molecule has 2 heterocycles. The summed E-state index contributed by atoms with van der Waals surface area (Å²) in [6.45, 7) is 3.37. The van der Waals surface area contributed by atoms with Gasteiger partial charge in [-0.2, -0.15) is 0 Å². The van der Waals surface area contributed by atoms with Crippen molar-refractivity contribution in [2.45, 2.75) is 18.9 Å². The zero-order valence-electron chi connectivity index (χ0n) is 13.2. The van der Waals surface area contributed by atoms with Crippen LogP contribution in [0.3, 0.4) is 0 Å². The van der Waals surface area contributed by atoms with Gasteiger partial charge in [0.15, 0.2) is 0 Å². The van der Waals surface area contributed by atoms with Crippen LogP contribution in [0.1, 0.15) is 12.0 Å². The molecule has 1 saturated heterocycles. The third-order valence-electron chi connectivity index (χ3n) is 4.56. The molecule has 4 nitrogen and oxygen atoms in total. The van der Waals surface area contributed by atoms with Gasteiger partial charge < -0.3 is 15.2 Å². The van der Waals surface area contributed by atoms with Crippen LogP contribution in [0.15, 0.2) is 54.6 Å². The number of benzene rings is 2. The van der Waals surface area contributed by atoms with E-state index in [0.29, 0.717) is 6.04 Å². The number of hydrogen-bond donors (Lipinski definition) is 2. The van der Waals surface area contributed by atoms with Gasteiger partial charge in [-0.25, -0.2) is 4.98 Å². The van der Waals surface area contributed by atoms with Crippen molar-refractivity contribution >= 4 is 17.0 Å². The van der Waals surface area contributed by atoms with Crippen LogP contribution in [0.4, 0.5) is 5.95 Å². The summed E-state index contributed by atoms with van der Waals surface area (Å²) in [7, 11) is 0. The Balaban J connectivity index is 1.31. The standard InChI is InChI=1S/C19H22N4/c1-2-6-15(7-3-1)10-12-23-13-11-16(14-23)20-19-21-17-8-4-5-9-18(17)22-19/h1-9,16H,10-14H2,(H2,20,21,22). The molecule has 4 heteroatoms. The van der Waals surface area contributed by atoms with Gasteiger partial charge in [-0.15, -0.1) is 0 Å². The van der Waals surface area contributed by atoms with Gasteiger partial charge in [0.2, 0.25) is 5.95 Å². The maximum absolute atomic E-state index is 4.61. The minimum atomic E-state index is 0.478. The molecular formula is C19H22N4. The minimum Gasteiger partial charge on any atom is -0.352 e. The van der Waals surface area contributed by atoms with Crippen molar-refractivity contribution in [1.29, 1.82) is 0 Å². The SMILES string of the molecule is c1ccc(CCN2CCC(Nc3nc4ccccc4[nH]3)C2)cc1. The largest absolute Gasteiger partial charge is 0.352 e. The lowest BCUT2D eigenvalue weighted by atomic mass is 10.1. The number of H-pyrrole nitrogens is 1. The van der Waals surface area contributed by atoms with Gasteiger partial charge in [0, 0.05) is 25.7 Å². The number of aromatic amines is 1. The Bertz CT molecular complexity index is 732. The summed E-state index contributed by atoms with van der Waals surface area (Å²) in [4.78, 5) is 10.5. The zero-order valence-corrected chi connectivity index (χ0v) is 13.2. The zero-order chi connectivity index (χ0) is 15.5. The number of hydrogen-bond acceptors (Lipinski definition) is 3. The molecule has 1 aliphatic heterocycles. The summed E-state index contributed by atoms with van der Waals surface area (Å²) in [5.74, 6) is 0.890. The molecule has 0 amide bonds. The van der Waals surface area contributed by atoms with E-state index in [2.05, 4.69) is 56.6 Å². The average Bonchev–Trinajstić information content (AvgIpc) is 3.20. The number of imidazole rings is 1. The van der Waals surface area contributed by atoms with Crippen LogP contribution in [0.5, 0.6) is 0 Å². The first-order valence-corrected chi connectivity index (χ1v) is 8.34. The fraction of sp³-hybridized carbons (Fsp3) is 0.316. The van der Waals surface area contributed by atoms with Gasteiger partial charge in [-0.3, -0.25) is 0 Å². The molecule has 2 N–H and O–H groups in total. The monoisotopic (exact) mass is 306 g/mol. The smallest absolute Gasteiger partial charge is 0.201 e. The Morgan fingerprint density at radius 3 is 2.78 bits per heavy atom. The molecule has 4 rings (SSSR count). The molecule has 1 atom stereocenters. The van der Waals surface area contributed by atoms with Gasteiger partial charge in [0.25, 0.3) is 0 Å². The second-order valence-corrected chi connectivity index (χ2v) is 6.27. The lowest BCUT2D eigenvalue weighted by molar-refractivity contribution is 0.340. The summed E-state index contributed by atoms with van der Waals surface area (Å²) in [6.07, 6.45) is 2.30. The van der Waals surface area contributed by atoms with Gasteiger partial charge >= 0.3 is 0 Å². The van der Waals surface area contributed by atoms with E-state index in [1.165, 1.54) is 12.0 Å². The number of fused-ring (bicyclic) bond motifs is 1. The molecule has 1 unspecified atom stereocenters. The van der Waals surface area contributed by atoms with Crippen LogP contribution < -0.4 is 5.32 Å². The summed E-state index contributed by atoms with van der Waals surface area (Å²) in [5.41, 5.74) is 3.53. The molecule has 0 spiro atoms. The first-order valence-electron chi connectivity index (χ1n) is 8.34. The number of anilines is 1. The van der Waals surface area contributed by atoms with E-state index in [-0.39, 0.29) is 0 Å². The Hall–Kier alpha value is -2.33. The van der Waals surface area contributed by atoms with Crippen molar-refractivity contribution in [2.24, 2.45) is 0 Å². The molecule has 3 aromatic rings. The quantitative estimate of drug-likeness (QED) is 0.760. The molecule has 0 bridgehead atoms. The molecule has 23 heavy (non-hydrogen) atoms. The molecule has 0 radical (unpaired) electrons. The summed E-state index contributed by atoms with van der Waals surface area (Å²) in [5, 5.41) is 3.55. The summed E-state index contributed by atoms with van der Waals surface area (Å²) < 4.78 is 0. The minimum absolute atomic E-state index is 0.478. The third kappa shape index (κ3) is 3.37. The fourth-order valence-corrected chi connectivity index (χ4v) is 3.30. The normalized spacial score (nSPS) is 18.5.